The maximum Gasteiger partial charge on any atom is 0.254 e. The van der Waals surface area contributed by atoms with Gasteiger partial charge in [-0.1, -0.05) is 24.3 Å². The van der Waals surface area contributed by atoms with Crippen molar-refractivity contribution in [2.75, 3.05) is 19.7 Å². The van der Waals surface area contributed by atoms with E-state index in [2.05, 4.69) is 16.7 Å². The lowest BCUT2D eigenvalue weighted by Gasteiger charge is -2.30. The highest BCUT2D eigenvalue weighted by Gasteiger charge is 2.38. The summed E-state index contributed by atoms with van der Waals surface area (Å²) in [7, 11) is 0. The van der Waals surface area contributed by atoms with Crippen molar-refractivity contribution in [3.05, 3.63) is 76.7 Å². The van der Waals surface area contributed by atoms with Crippen LogP contribution in [0.5, 0.6) is 5.75 Å². The molecule has 2 aliphatic heterocycles. The van der Waals surface area contributed by atoms with E-state index in [1.165, 1.54) is 0 Å². The third-order valence-corrected chi connectivity index (χ3v) is 7.76. The molecule has 1 aromatic heterocycles. The molecule has 2 aliphatic rings. The minimum atomic E-state index is -0.231. The molecular formula is C28H29N3O4S. The first-order chi connectivity index (χ1) is 17.5. The van der Waals surface area contributed by atoms with E-state index in [-0.39, 0.29) is 36.2 Å². The summed E-state index contributed by atoms with van der Waals surface area (Å²) in [5.74, 6) is 0.184. The van der Waals surface area contributed by atoms with Crippen molar-refractivity contribution < 1.29 is 19.1 Å². The Morgan fingerprint density at radius 2 is 1.78 bits per heavy atom. The summed E-state index contributed by atoms with van der Waals surface area (Å²) in [4.78, 5) is 42.3. The van der Waals surface area contributed by atoms with Gasteiger partial charge in [0.05, 0.1) is 6.54 Å². The molecule has 3 aromatic rings. The number of aryl methyl sites for hydroxylation is 1. The Hall–Kier alpha value is -3.65. The molecule has 0 radical (unpaired) electrons. The zero-order chi connectivity index (χ0) is 25.1. The molecule has 2 aromatic carbocycles. The first-order valence-corrected chi connectivity index (χ1v) is 13.1. The average Bonchev–Trinajstić information content (AvgIpc) is 3.56. The van der Waals surface area contributed by atoms with Crippen LogP contribution < -0.4 is 15.4 Å². The highest BCUT2D eigenvalue weighted by molar-refractivity contribution is 7.13. The molecular weight excluding hydrogens is 474 g/mol. The van der Waals surface area contributed by atoms with Gasteiger partial charge in [-0.25, -0.2) is 0 Å². The molecule has 1 saturated heterocycles. The van der Waals surface area contributed by atoms with Gasteiger partial charge in [0, 0.05) is 41.1 Å². The van der Waals surface area contributed by atoms with Crippen LogP contribution in [0.3, 0.4) is 0 Å². The van der Waals surface area contributed by atoms with Crippen molar-refractivity contribution in [3.63, 3.8) is 0 Å². The van der Waals surface area contributed by atoms with E-state index in [4.69, 9.17) is 4.74 Å². The Labute approximate surface area is 214 Å². The number of nitrogens with one attached hydrogen (secondary N) is 2. The number of fused-ring (bicyclic) bond motifs is 4. The normalized spacial score (nSPS) is 20.5. The minimum Gasteiger partial charge on any atom is -0.491 e. The van der Waals surface area contributed by atoms with Crippen molar-refractivity contribution in [3.8, 4) is 16.2 Å². The number of rotatable bonds is 2. The van der Waals surface area contributed by atoms with E-state index in [9.17, 15) is 14.4 Å². The van der Waals surface area contributed by atoms with Crippen LogP contribution in [0.4, 0.5) is 0 Å². The average molecular weight is 504 g/mol. The largest absolute Gasteiger partial charge is 0.491 e. The monoisotopic (exact) mass is 503 g/mol. The predicted molar refractivity (Wildman–Crippen MR) is 139 cm³/mol. The SMILES string of the molecule is Cc1ccc2cc1OCCNC(=O)C[C@@H]1CC[C@H](CNC2=O)N1C(=O)c1ccc(-c2cccs2)cc1. The van der Waals surface area contributed by atoms with Gasteiger partial charge in [0.1, 0.15) is 12.4 Å². The minimum absolute atomic E-state index is 0.112. The molecule has 3 amide bonds. The van der Waals surface area contributed by atoms with Gasteiger partial charge in [-0.2, -0.15) is 0 Å². The third-order valence-electron chi connectivity index (χ3n) is 6.84. The van der Waals surface area contributed by atoms with Crippen molar-refractivity contribution >= 4 is 29.1 Å². The third kappa shape index (κ3) is 5.14. The summed E-state index contributed by atoms with van der Waals surface area (Å²) in [5, 5.41) is 7.93. The van der Waals surface area contributed by atoms with Gasteiger partial charge in [0.2, 0.25) is 5.91 Å². The van der Waals surface area contributed by atoms with Crippen molar-refractivity contribution in [1.29, 1.82) is 0 Å². The van der Waals surface area contributed by atoms with Gasteiger partial charge < -0.3 is 20.3 Å². The molecule has 8 heteroatoms. The molecule has 5 rings (SSSR count). The van der Waals surface area contributed by atoms with Crippen molar-refractivity contribution in [2.24, 2.45) is 0 Å². The highest BCUT2D eigenvalue weighted by Crippen LogP contribution is 2.30. The first-order valence-electron chi connectivity index (χ1n) is 12.2. The van der Waals surface area contributed by atoms with E-state index in [1.807, 2.05) is 48.7 Å². The Bertz CT molecular complexity index is 1260. The second-order valence-electron chi connectivity index (χ2n) is 9.24. The standard InChI is InChI=1S/C28H29N3O4S/c1-18-4-5-21-15-24(18)35-13-12-29-26(32)16-22-10-11-23(17-30-27(21)33)31(22)28(34)20-8-6-19(7-9-20)25-3-2-14-36-25/h2-9,14-15,22-23H,10-13,16-17H2,1H3,(H,29,32)(H,30,33)/t22-,23+/m0/s1. The number of benzene rings is 2. The summed E-state index contributed by atoms with van der Waals surface area (Å²) in [6, 6.07) is 16.6. The molecule has 1 fully saturated rings. The number of ether oxygens (including phenoxy) is 1. The second-order valence-corrected chi connectivity index (χ2v) is 10.2. The maximum absolute atomic E-state index is 13.7. The number of carbonyl (C=O) groups is 3. The number of nitrogens with zero attached hydrogens (tertiary/aromatic N) is 1. The molecule has 0 spiro atoms. The van der Waals surface area contributed by atoms with Crippen LogP contribution in [0.1, 0.15) is 45.5 Å². The van der Waals surface area contributed by atoms with Crippen LogP contribution in [0, 0.1) is 6.92 Å². The molecule has 36 heavy (non-hydrogen) atoms. The Morgan fingerprint density at radius 1 is 1.00 bits per heavy atom. The van der Waals surface area contributed by atoms with Gasteiger partial charge in [0.15, 0.2) is 0 Å². The number of hydrogen-bond donors (Lipinski definition) is 2. The van der Waals surface area contributed by atoms with Gasteiger partial charge >= 0.3 is 0 Å². The summed E-state index contributed by atoms with van der Waals surface area (Å²) in [5.41, 5.74) is 3.07. The lowest BCUT2D eigenvalue weighted by atomic mass is 10.1. The predicted octanol–water partition coefficient (Wildman–Crippen LogP) is 4.03. The molecule has 0 saturated carbocycles. The van der Waals surface area contributed by atoms with Crippen molar-refractivity contribution in [2.45, 2.75) is 38.3 Å². The van der Waals surface area contributed by atoms with E-state index >= 15 is 0 Å². The lowest BCUT2D eigenvalue weighted by Crippen LogP contribution is -2.47. The molecule has 3 heterocycles. The van der Waals surface area contributed by atoms with Crippen LogP contribution in [0.15, 0.2) is 60.0 Å². The van der Waals surface area contributed by atoms with Crippen LogP contribution in [0.25, 0.3) is 10.4 Å². The van der Waals surface area contributed by atoms with Crippen LogP contribution in [0.2, 0.25) is 0 Å². The summed E-state index contributed by atoms with van der Waals surface area (Å²) in [6.45, 7) is 2.88. The molecule has 0 aliphatic carbocycles. The smallest absolute Gasteiger partial charge is 0.254 e. The Kier molecular flexibility index (Phi) is 7.04. The van der Waals surface area contributed by atoms with E-state index < -0.39 is 0 Å². The summed E-state index contributed by atoms with van der Waals surface area (Å²) in [6.07, 6.45) is 1.65. The Morgan fingerprint density at radius 3 is 2.56 bits per heavy atom. The first kappa shape index (κ1) is 24.1. The molecule has 186 valence electrons. The van der Waals surface area contributed by atoms with Crippen LogP contribution in [-0.4, -0.2) is 54.4 Å². The molecule has 7 nitrogen and oxygen atoms in total. The number of thiophene rings is 1. The van der Waals surface area contributed by atoms with E-state index in [1.54, 1.807) is 28.4 Å². The molecule has 2 atom stereocenters. The van der Waals surface area contributed by atoms with Crippen LogP contribution in [-0.2, 0) is 4.79 Å². The summed E-state index contributed by atoms with van der Waals surface area (Å²) < 4.78 is 5.81. The fourth-order valence-corrected chi connectivity index (χ4v) is 5.64. The maximum atomic E-state index is 13.7. The topological polar surface area (TPSA) is 87.7 Å². The quantitative estimate of drug-likeness (QED) is 0.553. The zero-order valence-electron chi connectivity index (χ0n) is 20.2. The Balaban J connectivity index is 1.39. The fraction of sp³-hybridized carbons (Fsp3) is 0.321. The zero-order valence-corrected chi connectivity index (χ0v) is 21.0. The molecule has 4 bridgehead atoms. The fourth-order valence-electron chi connectivity index (χ4n) is 4.91. The molecule has 2 N–H and O–H groups in total. The van der Waals surface area contributed by atoms with Crippen molar-refractivity contribution in [1.82, 2.24) is 15.5 Å². The van der Waals surface area contributed by atoms with Gasteiger partial charge in [-0.3, -0.25) is 14.4 Å². The lowest BCUT2D eigenvalue weighted by molar-refractivity contribution is -0.122. The van der Waals surface area contributed by atoms with E-state index in [0.717, 1.165) is 22.4 Å². The van der Waals surface area contributed by atoms with Gasteiger partial charge in [-0.15, -0.1) is 11.3 Å². The highest BCUT2D eigenvalue weighted by atomic mass is 32.1. The van der Waals surface area contributed by atoms with Crippen LogP contribution >= 0.6 is 11.3 Å². The second kappa shape index (κ2) is 10.5. The number of hydrogen-bond acceptors (Lipinski definition) is 5. The number of amides is 3. The van der Waals surface area contributed by atoms with Gasteiger partial charge in [-0.05, 0) is 66.6 Å². The molecule has 0 unspecified atom stereocenters. The van der Waals surface area contributed by atoms with E-state index in [0.29, 0.717) is 43.0 Å². The van der Waals surface area contributed by atoms with Gasteiger partial charge in [0.25, 0.3) is 11.8 Å². The number of carbonyl (C=O) groups excluding carboxylic acids is 3. The summed E-state index contributed by atoms with van der Waals surface area (Å²) >= 11 is 1.65.